The summed E-state index contributed by atoms with van der Waals surface area (Å²) in [7, 11) is 0. The van der Waals surface area contributed by atoms with E-state index in [0.717, 1.165) is 22.8 Å². The summed E-state index contributed by atoms with van der Waals surface area (Å²) in [5, 5.41) is 6.51. The summed E-state index contributed by atoms with van der Waals surface area (Å²) in [6.07, 6.45) is 2.78. The van der Waals surface area contributed by atoms with E-state index >= 15 is 0 Å². The van der Waals surface area contributed by atoms with E-state index in [9.17, 15) is 9.18 Å². The lowest BCUT2D eigenvalue weighted by atomic mass is 10.2. The molecule has 27 heavy (non-hydrogen) atoms. The highest BCUT2D eigenvalue weighted by atomic mass is 32.1. The van der Waals surface area contributed by atoms with Crippen molar-refractivity contribution in [3.63, 3.8) is 0 Å². The third-order valence-electron chi connectivity index (χ3n) is 4.49. The summed E-state index contributed by atoms with van der Waals surface area (Å²) in [6.45, 7) is 2.20. The van der Waals surface area contributed by atoms with Gasteiger partial charge in [0.2, 0.25) is 5.91 Å². The summed E-state index contributed by atoms with van der Waals surface area (Å²) in [6, 6.07) is 9.93. The molecule has 0 spiro atoms. The first kappa shape index (κ1) is 17.6. The second kappa shape index (κ2) is 7.44. The number of hydrazone groups is 1. The van der Waals surface area contributed by atoms with Crippen LogP contribution in [-0.2, 0) is 11.2 Å². The number of nitrogens with one attached hydrogen (secondary N) is 1. The van der Waals surface area contributed by atoms with Crippen LogP contribution in [-0.4, -0.2) is 17.1 Å². The van der Waals surface area contributed by atoms with Gasteiger partial charge in [-0.2, -0.15) is 5.10 Å². The Labute approximate surface area is 159 Å². The number of benzene rings is 1. The van der Waals surface area contributed by atoms with Gasteiger partial charge in [-0.1, -0.05) is 6.92 Å². The minimum absolute atomic E-state index is 0.123. The van der Waals surface area contributed by atoms with Crippen LogP contribution in [0.3, 0.4) is 0 Å². The van der Waals surface area contributed by atoms with E-state index < -0.39 is 0 Å². The highest BCUT2D eigenvalue weighted by Gasteiger charge is 2.36. The fourth-order valence-electron chi connectivity index (χ4n) is 2.84. The molecule has 0 aliphatic heterocycles. The van der Waals surface area contributed by atoms with Crippen molar-refractivity contribution in [2.45, 2.75) is 25.7 Å². The van der Waals surface area contributed by atoms with Crippen LogP contribution < -0.4 is 5.43 Å². The molecule has 1 aliphatic rings. The topological polar surface area (TPSA) is 67.5 Å². The number of thiazole rings is 1. The Morgan fingerprint density at radius 3 is 2.89 bits per heavy atom. The Hall–Kier alpha value is -2.80. The average molecular weight is 383 g/mol. The summed E-state index contributed by atoms with van der Waals surface area (Å²) in [5.74, 6) is 2.25. The number of nitrogens with zero attached hydrogens (tertiary/aromatic N) is 2. The zero-order valence-corrected chi connectivity index (χ0v) is 15.5. The molecule has 1 aromatic carbocycles. The van der Waals surface area contributed by atoms with Crippen molar-refractivity contribution in [2.75, 3.05) is 0 Å². The lowest BCUT2D eigenvalue weighted by Crippen LogP contribution is -2.19. The number of halogens is 1. The van der Waals surface area contributed by atoms with Gasteiger partial charge in [-0.3, -0.25) is 4.79 Å². The number of carbonyl (C=O) groups is 1. The molecule has 2 atom stereocenters. The molecule has 4 rings (SSSR count). The molecule has 0 bridgehead atoms. The lowest BCUT2D eigenvalue weighted by molar-refractivity contribution is -0.120. The van der Waals surface area contributed by atoms with Crippen LogP contribution in [0.5, 0.6) is 0 Å². The Balaban J connectivity index is 1.30. The maximum absolute atomic E-state index is 13.0. The summed E-state index contributed by atoms with van der Waals surface area (Å²) in [4.78, 5) is 16.4. The largest absolute Gasteiger partial charge is 0.460 e. The molecule has 1 fully saturated rings. The van der Waals surface area contributed by atoms with Crippen molar-refractivity contribution in [1.29, 1.82) is 0 Å². The predicted molar refractivity (Wildman–Crippen MR) is 102 cm³/mol. The summed E-state index contributed by atoms with van der Waals surface area (Å²) in [5.41, 5.74) is 3.96. The molecule has 7 heteroatoms. The fraction of sp³-hybridized carbons (Fsp3) is 0.250. The molecule has 1 saturated carbocycles. The first-order valence-electron chi connectivity index (χ1n) is 8.70. The summed E-state index contributed by atoms with van der Waals surface area (Å²) < 4.78 is 18.7. The number of carbonyl (C=O) groups excluding carboxylic acids is 1. The minimum Gasteiger partial charge on any atom is -0.460 e. The zero-order valence-electron chi connectivity index (χ0n) is 14.7. The van der Waals surface area contributed by atoms with Crippen LogP contribution in [0.4, 0.5) is 4.39 Å². The number of amides is 1. The van der Waals surface area contributed by atoms with Crippen LogP contribution >= 0.6 is 11.3 Å². The first-order chi connectivity index (χ1) is 13.1. The number of aromatic nitrogens is 1. The highest BCUT2D eigenvalue weighted by Crippen LogP contribution is 2.47. The smallest absolute Gasteiger partial charge is 0.246 e. The molecule has 0 saturated heterocycles. The zero-order chi connectivity index (χ0) is 18.8. The molecule has 3 aromatic rings. The molecule has 5 nitrogen and oxygen atoms in total. The average Bonchev–Trinajstić information content (AvgIpc) is 3.03. The van der Waals surface area contributed by atoms with Crippen molar-refractivity contribution >= 4 is 23.5 Å². The van der Waals surface area contributed by atoms with Crippen molar-refractivity contribution in [3.8, 4) is 10.6 Å². The Morgan fingerprint density at radius 2 is 2.15 bits per heavy atom. The van der Waals surface area contributed by atoms with Gasteiger partial charge in [0.15, 0.2) is 0 Å². The van der Waals surface area contributed by atoms with Gasteiger partial charge in [-0.25, -0.2) is 14.8 Å². The van der Waals surface area contributed by atoms with Crippen LogP contribution in [0.15, 0.2) is 51.3 Å². The molecule has 0 radical (unpaired) electrons. The van der Waals surface area contributed by atoms with E-state index in [1.54, 1.807) is 12.1 Å². The number of hydrogen-bond donors (Lipinski definition) is 1. The Kier molecular flexibility index (Phi) is 4.85. The number of rotatable bonds is 6. The van der Waals surface area contributed by atoms with E-state index in [2.05, 4.69) is 22.4 Å². The van der Waals surface area contributed by atoms with Gasteiger partial charge in [0.05, 0.1) is 18.3 Å². The molecular weight excluding hydrogens is 365 g/mol. The third kappa shape index (κ3) is 4.31. The van der Waals surface area contributed by atoms with Gasteiger partial charge in [0.25, 0.3) is 0 Å². The normalized spacial score (nSPS) is 18.7. The van der Waals surface area contributed by atoms with Gasteiger partial charge in [-0.05, 0) is 48.7 Å². The molecule has 0 unspecified atom stereocenters. The van der Waals surface area contributed by atoms with E-state index in [1.807, 2.05) is 17.5 Å². The molecule has 1 N–H and O–H groups in total. The second-order valence-electron chi connectivity index (χ2n) is 6.68. The SMILES string of the molecule is C[C@H]1C[C@@H]1c1ccc(/C=N\NC(=O)Cc2csc(-c3ccc(F)cc3)n2)o1. The Morgan fingerprint density at radius 1 is 1.37 bits per heavy atom. The van der Waals surface area contributed by atoms with E-state index in [1.165, 1.54) is 29.7 Å². The molecule has 2 heterocycles. The quantitative estimate of drug-likeness (QED) is 0.508. The molecule has 1 aliphatic carbocycles. The maximum atomic E-state index is 13.0. The van der Waals surface area contributed by atoms with E-state index in [4.69, 9.17) is 4.42 Å². The van der Waals surface area contributed by atoms with Gasteiger partial charge in [0.1, 0.15) is 22.3 Å². The monoisotopic (exact) mass is 383 g/mol. The van der Waals surface area contributed by atoms with Crippen molar-refractivity contribution in [1.82, 2.24) is 10.4 Å². The van der Waals surface area contributed by atoms with Gasteiger partial charge in [0, 0.05) is 16.9 Å². The van der Waals surface area contributed by atoms with Crippen LogP contribution in [0.25, 0.3) is 10.6 Å². The second-order valence-corrected chi connectivity index (χ2v) is 7.54. The van der Waals surface area contributed by atoms with Crippen molar-refractivity contribution < 1.29 is 13.6 Å². The van der Waals surface area contributed by atoms with Crippen molar-refractivity contribution in [2.24, 2.45) is 11.0 Å². The molecular formula is C20H18FN3O2S. The van der Waals surface area contributed by atoms with Crippen LogP contribution in [0.1, 0.15) is 36.5 Å². The fourth-order valence-corrected chi connectivity index (χ4v) is 3.67. The molecule has 1 amide bonds. The van der Waals surface area contributed by atoms with Crippen LogP contribution in [0, 0.1) is 11.7 Å². The highest BCUT2D eigenvalue weighted by molar-refractivity contribution is 7.13. The Bertz CT molecular complexity index is 977. The minimum atomic E-state index is -0.289. The standard InChI is InChI=1S/C20H18FN3O2S/c1-12-8-17(12)18-7-6-16(26-18)10-22-24-19(25)9-15-11-27-20(23-15)13-2-4-14(21)5-3-13/h2-7,10-12,17H,8-9H2,1H3,(H,24,25)/b22-10-/t12-,17-/m0/s1. The van der Waals surface area contributed by atoms with Gasteiger partial charge < -0.3 is 4.42 Å². The lowest BCUT2D eigenvalue weighted by Gasteiger charge is -1.97. The van der Waals surface area contributed by atoms with Gasteiger partial charge in [-0.15, -0.1) is 11.3 Å². The predicted octanol–water partition coefficient (Wildman–Crippen LogP) is 4.36. The van der Waals surface area contributed by atoms with Crippen LogP contribution in [0.2, 0.25) is 0 Å². The maximum Gasteiger partial charge on any atom is 0.246 e. The molecule has 2 aromatic heterocycles. The van der Waals surface area contributed by atoms with Gasteiger partial charge >= 0.3 is 0 Å². The third-order valence-corrected chi connectivity index (χ3v) is 5.43. The van der Waals surface area contributed by atoms with Crippen molar-refractivity contribution in [3.05, 3.63) is 64.8 Å². The van der Waals surface area contributed by atoms with E-state index in [-0.39, 0.29) is 18.1 Å². The van der Waals surface area contributed by atoms with E-state index in [0.29, 0.717) is 23.3 Å². The number of furan rings is 1. The number of hydrogen-bond acceptors (Lipinski definition) is 5. The molecule has 138 valence electrons. The summed E-state index contributed by atoms with van der Waals surface area (Å²) >= 11 is 1.42. The first-order valence-corrected chi connectivity index (χ1v) is 9.58.